The molecule has 0 saturated carbocycles. The molecule has 278 valence electrons. The summed E-state index contributed by atoms with van der Waals surface area (Å²) in [6, 6.07) is 58.8. The van der Waals surface area contributed by atoms with Gasteiger partial charge < -0.3 is 4.57 Å². The van der Waals surface area contributed by atoms with Crippen LogP contribution < -0.4 is 0 Å². The van der Waals surface area contributed by atoms with Gasteiger partial charge in [-0.25, -0.2) is 4.98 Å². The molecule has 1 aliphatic carbocycles. The van der Waals surface area contributed by atoms with Gasteiger partial charge >= 0.3 is 0 Å². The van der Waals surface area contributed by atoms with Crippen LogP contribution in [-0.4, -0.2) is 14.8 Å². The molecule has 2 aliphatic rings. The first-order valence-electron chi connectivity index (χ1n) is 20.6. The molecule has 4 heteroatoms. The molecule has 0 N–H and O–H groups in total. The Labute approximate surface area is 349 Å². The summed E-state index contributed by atoms with van der Waals surface area (Å²) in [5.41, 5.74) is 10.7. The predicted octanol–water partition coefficient (Wildman–Crippen LogP) is 15.6. The van der Waals surface area contributed by atoms with Gasteiger partial charge in [-0.3, -0.25) is 0 Å². The van der Waals surface area contributed by atoms with Gasteiger partial charge in [0.1, 0.15) is 0 Å². The summed E-state index contributed by atoms with van der Waals surface area (Å²) < 4.78 is 5.04. The third-order valence-electron chi connectivity index (χ3n) is 12.9. The van der Waals surface area contributed by atoms with Crippen molar-refractivity contribution >= 4 is 103 Å². The molecule has 59 heavy (non-hydrogen) atoms. The highest BCUT2D eigenvalue weighted by atomic mass is 32.2. The van der Waals surface area contributed by atoms with Crippen LogP contribution in [0.3, 0.4) is 0 Å². The van der Waals surface area contributed by atoms with Crippen molar-refractivity contribution in [2.75, 3.05) is 0 Å². The van der Waals surface area contributed by atoms with E-state index in [1.54, 1.807) is 0 Å². The Balaban J connectivity index is 0.990. The minimum Gasteiger partial charge on any atom is -0.341 e. The van der Waals surface area contributed by atoms with Crippen molar-refractivity contribution < 1.29 is 0 Å². The van der Waals surface area contributed by atoms with Crippen molar-refractivity contribution in [3.63, 3.8) is 0 Å². The van der Waals surface area contributed by atoms with Crippen molar-refractivity contribution in [1.29, 1.82) is 0 Å². The lowest BCUT2D eigenvalue weighted by atomic mass is 9.85. The number of nitrogens with zero attached hydrogens (tertiary/aromatic N) is 2. The Morgan fingerprint density at radius 2 is 1.15 bits per heavy atom. The number of hydrogen-bond donors (Lipinski definition) is 0. The van der Waals surface area contributed by atoms with E-state index >= 15 is 0 Å². The molecule has 0 spiro atoms. The number of aromatic nitrogens is 2. The average Bonchev–Trinajstić information content (AvgIpc) is 3.96. The molecule has 2 unspecified atom stereocenters. The molecule has 0 radical (unpaired) electrons. The van der Waals surface area contributed by atoms with Crippen LogP contribution in [0.5, 0.6) is 0 Å². The number of pyridine rings is 1. The van der Waals surface area contributed by atoms with E-state index in [-0.39, 0.29) is 5.92 Å². The van der Waals surface area contributed by atoms with Crippen molar-refractivity contribution in [1.82, 2.24) is 9.55 Å². The lowest BCUT2D eigenvalue weighted by Gasteiger charge is -2.20. The average molecular weight is 789 g/mol. The maximum atomic E-state index is 5.51. The molecule has 2 atom stereocenters. The van der Waals surface area contributed by atoms with Crippen molar-refractivity contribution in [3.8, 4) is 22.4 Å². The zero-order valence-corrected chi connectivity index (χ0v) is 33.9. The number of allylic oxidation sites excluding steroid dienone is 3. The molecule has 0 fully saturated rings. The van der Waals surface area contributed by atoms with E-state index in [1.807, 2.05) is 23.1 Å². The summed E-state index contributed by atoms with van der Waals surface area (Å²) in [4.78, 5) is 6.90. The molecule has 13 rings (SSSR count). The second kappa shape index (κ2) is 12.8. The van der Waals surface area contributed by atoms with Gasteiger partial charge in [-0.05, 0) is 116 Å². The first-order chi connectivity index (χ1) is 29.2. The van der Waals surface area contributed by atoms with Gasteiger partial charge in [0.05, 0.1) is 11.4 Å². The largest absolute Gasteiger partial charge is 0.341 e. The van der Waals surface area contributed by atoms with E-state index in [9.17, 15) is 0 Å². The van der Waals surface area contributed by atoms with E-state index < -0.39 is 0 Å². The minimum absolute atomic E-state index is 0.255. The van der Waals surface area contributed by atoms with E-state index in [0.717, 1.165) is 23.5 Å². The summed E-state index contributed by atoms with van der Waals surface area (Å²) in [5.74, 6) is 0.255. The van der Waals surface area contributed by atoms with Gasteiger partial charge in [-0.1, -0.05) is 121 Å². The fraction of sp³-hybridized carbons (Fsp3) is 0.0727. The summed E-state index contributed by atoms with van der Waals surface area (Å²) >= 11 is 3.86. The molecule has 0 bridgehead atoms. The zero-order valence-electron chi connectivity index (χ0n) is 32.3. The number of hydrogen-bond acceptors (Lipinski definition) is 3. The predicted molar refractivity (Wildman–Crippen MR) is 255 cm³/mol. The number of thiophene rings is 1. The molecule has 2 nitrogen and oxygen atoms in total. The molecule has 4 heterocycles. The van der Waals surface area contributed by atoms with Crippen LogP contribution in [0.4, 0.5) is 0 Å². The quantitative estimate of drug-likeness (QED) is 0.165. The number of fused-ring (bicyclic) bond motifs is 15. The van der Waals surface area contributed by atoms with Crippen LogP contribution >= 0.6 is 23.1 Å². The second-order valence-electron chi connectivity index (χ2n) is 16.0. The number of aryl methyl sites for hydroxylation is 1. The number of rotatable bonds is 4. The highest BCUT2D eigenvalue weighted by molar-refractivity contribution is 8.00. The Morgan fingerprint density at radius 3 is 1.95 bits per heavy atom. The third-order valence-corrected chi connectivity index (χ3v) is 15.4. The summed E-state index contributed by atoms with van der Waals surface area (Å²) in [6.07, 6.45) is 7.25. The molecule has 1 aliphatic heterocycles. The smallest absolute Gasteiger partial charge is 0.0716 e. The summed E-state index contributed by atoms with van der Waals surface area (Å²) in [7, 11) is 0. The summed E-state index contributed by atoms with van der Waals surface area (Å²) in [5, 5.41) is 13.5. The minimum atomic E-state index is 0.255. The van der Waals surface area contributed by atoms with Crippen LogP contribution in [0.25, 0.3) is 102 Å². The van der Waals surface area contributed by atoms with Gasteiger partial charge in [0.15, 0.2) is 0 Å². The number of thioether (sulfide) groups is 1. The monoisotopic (exact) mass is 788 g/mol. The van der Waals surface area contributed by atoms with Crippen molar-refractivity contribution in [2.45, 2.75) is 29.5 Å². The standard InChI is InChI=1S/C55H36N2S2/c1-2-57-50-17-9-7-15-40(50)45-25-32(20-23-51(45)57)35-27-48(56-49(28-35)34-19-22-42-41-16-8-10-18-52(41)58-54(42)29-34)33-21-24-53-46(26-33)47-30-43-38-13-5-3-11-36(38)37-12-4-6-14-39(37)44(43)31-55(47)59-53/h3-31,46,53H,2H2,1H3. The van der Waals surface area contributed by atoms with Gasteiger partial charge in [-0.15, -0.1) is 23.1 Å². The first-order valence-corrected chi connectivity index (χ1v) is 22.3. The Kier molecular flexibility index (Phi) is 7.25. The zero-order chi connectivity index (χ0) is 38.8. The molecule has 3 aromatic heterocycles. The Hall–Kier alpha value is -6.46. The van der Waals surface area contributed by atoms with Crippen molar-refractivity contribution in [2.24, 2.45) is 0 Å². The topological polar surface area (TPSA) is 17.8 Å². The van der Waals surface area contributed by atoms with Crippen molar-refractivity contribution in [3.05, 3.63) is 187 Å². The molecule has 8 aromatic carbocycles. The van der Waals surface area contributed by atoms with Crippen LogP contribution in [0.2, 0.25) is 0 Å². The molecule has 0 saturated heterocycles. The lowest BCUT2D eigenvalue weighted by Crippen LogP contribution is -2.09. The summed E-state index contributed by atoms with van der Waals surface area (Å²) in [6.45, 7) is 3.16. The maximum absolute atomic E-state index is 5.51. The number of benzene rings is 8. The van der Waals surface area contributed by atoms with Gasteiger partial charge in [0.2, 0.25) is 0 Å². The molecular formula is C55H36N2S2. The lowest BCUT2D eigenvalue weighted by molar-refractivity contribution is 0.827. The highest BCUT2D eigenvalue weighted by Gasteiger charge is 2.33. The fourth-order valence-corrected chi connectivity index (χ4v) is 12.6. The number of para-hydroxylation sites is 1. The highest BCUT2D eigenvalue weighted by Crippen LogP contribution is 2.52. The molecule has 11 aromatic rings. The first kappa shape index (κ1) is 33.5. The van der Waals surface area contributed by atoms with Gasteiger partial charge in [0, 0.05) is 70.1 Å². The fourth-order valence-electron chi connectivity index (χ4n) is 10.1. The van der Waals surface area contributed by atoms with Crippen LogP contribution in [0, 0.1) is 0 Å². The van der Waals surface area contributed by atoms with E-state index in [0.29, 0.717) is 5.25 Å². The molecule has 0 amide bonds. The normalized spacial score (nSPS) is 16.3. The van der Waals surface area contributed by atoms with Crippen LogP contribution in [0.15, 0.2) is 181 Å². The second-order valence-corrected chi connectivity index (χ2v) is 18.3. The SMILES string of the molecule is CCn1c2ccccc2c2cc(-c3cc(C4=CC5c6cc7c8ccccc8c8ccccc8c7cc6SC5C=C4)nc(-c4ccc5c(c4)sc4ccccc45)c3)ccc21. The van der Waals surface area contributed by atoms with E-state index in [1.165, 1.54) is 101 Å². The van der Waals surface area contributed by atoms with Crippen LogP contribution in [-0.2, 0) is 6.54 Å². The van der Waals surface area contributed by atoms with Gasteiger partial charge in [0.25, 0.3) is 0 Å². The van der Waals surface area contributed by atoms with Gasteiger partial charge in [-0.2, -0.15) is 0 Å². The Bertz CT molecular complexity index is 3660. The molecular weight excluding hydrogens is 753 g/mol. The van der Waals surface area contributed by atoms with E-state index in [2.05, 4.69) is 187 Å². The Morgan fingerprint density at radius 1 is 0.508 bits per heavy atom. The maximum Gasteiger partial charge on any atom is 0.0716 e. The van der Waals surface area contributed by atoms with E-state index in [4.69, 9.17) is 4.98 Å². The third kappa shape index (κ3) is 5.03. The van der Waals surface area contributed by atoms with Crippen LogP contribution in [0.1, 0.15) is 24.1 Å².